The van der Waals surface area contributed by atoms with E-state index in [-0.39, 0.29) is 5.91 Å². The average molecular weight is 392 g/mol. The zero-order valence-corrected chi connectivity index (χ0v) is 16.5. The lowest BCUT2D eigenvalue weighted by atomic mass is 10.2. The van der Waals surface area contributed by atoms with Gasteiger partial charge < -0.3 is 19.7 Å². The Morgan fingerprint density at radius 2 is 1.66 bits per heavy atom. The molecule has 0 aliphatic carbocycles. The highest BCUT2D eigenvalue weighted by Gasteiger charge is 2.13. The molecule has 7 heteroatoms. The number of nitrogens with zero attached hydrogens (tertiary/aromatic N) is 3. The number of hydrogen-bond donors (Lipinski definition) is 1. The Morgan fingerprint density at radius 3 is 2.31 bits per heavy atom. The van der Waals surface area contributed by atoms with Crippen molar-refractivity contribution in [1.29, 1.82) is 0 Å². The molecule has 0 radical (unpaired) electrons. The van der Waals surface area contributed by atoms with Crippen molar-refractivity contribution in [2.45, 2.75) is 6.54 Å². The van der Waals surface area contributed by atoms with Gasteiger partial charge in [0.25, 0.3) is 5.91 Å². The van der Waals surface area contributed by atoms with Gasteiger partial charge in [0.2, 0.25) is 5.95 Å². The van der Waals surface area contributed by atoms with Crippen molar-refractivity contribution in [2.75, 3.05) is 32.6 Å². The highest BCUT2D eigenvalue weighted by atomic mass is 16.5. The Balaban J connectivity index is 1.44. The van der Waals surface area contributed by atoms with Crippen molar-refractivity contribution in [3.63, 3.8) is 0 Å². The van der Waals surface area contributed by atoms with Gasteiger partial charge in [-0.25, -0.2) is 9.97 Å². The number of methoxy groups -OCH3 is 1. The SMILES string of the molecule is COc1ccc(OCCNc2ncc(C(=O)N(C)Cc3ccccc3)cn2)cc1. The fourth-order valence-electron chi connectivity index (χ4n) is 2.68. The maximum Gasteiger partial charge on any atom is 0.257 e. The zero-order valence-electron chi connectivity index (χ0n) is 16.5. The number of anilines is 1. The van der Waals surface area contributed by atoms with Crippen LogP contribution in [-0.4, -0.2) is 48.1 Å². The Kier molecular flexibility index (Phi) is 7.00. The molecule has 150 valence electrons. The number of rotatable bonds is 9. The molecule has 1 heterocycles. The minimum Gasteiger partial charge on any atom is -0.497 e. The second kappa shape index (κ2) is 10.1. The van der Waals surface area contributed by atoms with Crippen LogP contribution in [0.15, 0.2) is 67.0 Å². The van der Waals surface area contributed by atoms with Crippen LogP contribution < -0.4 is 14.8 Å². The molecule has 1 aromatic heterocycles. The number of aromatic nitrogens is 2. The first-order valence-electron chi connectivity index (χ1n) is 9.28. The molecular formula is C22H24N4O3. The fourth-order valence-corrected chi connectivity index (χ4v) is 2.68. The summed E-state index contributed by atoms with van der Waals surface area (Å²) in [6, 6.07) is 17.2. The van der Waals surface area contributed by atoms with E-state index < -0.39 is 0 Å². The third kappa shape index (κ3) is 5.93. The van der Waals surface area contributed by atoms with Crippen molar-refractivity contribution >= 4 is 11.9 Å². The van der Waals surface area contributed by atoms with Crippen molar-refractivity contribution in [1.82, 2.24) is 14.9 Å². The van der Waals surface area contributed by atoms with Gasteiger partial charge in [-0.2, -0.15) is 0 Å². The molecule has 0 saturated carbocycles. The third-order valence-electron chi connectivity index (χ3n) is 4.22. The summed E-state index contributed by atoms with van der Waals surface area (Å²) in [5.41, 5.74) is 1.52. The molecule has 0 aliphatic rings. The van der Waals surface area contributed by atoms with Crippen LogP contribution in [0.1, 0.15) is 15.9 Å². The lowest BCUT2D eigenvalue weighted by Gasteiger charge is -2.17. The first kappa shape index (κ1) is 20.1. The normalized spacial score (nSPS) is 10.3. The third-order valence-corrected chi connectivity index (χ3v) is 4.22. The van der Waals surface area contributed by atoms with Crippen molar-refractivity contribution < 1.29 is 14.3 Å². The molecule has 7 nitrogen and oxygen atoms in total. The van der Waals surface area contributed by atoms with E-state index in [0.29, 0.717) is 31.2 Å². The maximum absolute atomic E-state index is 12.5. The van der Waals surface area contributed by atoms with Crippen molar-refractivity contribution in [3.05, 3.63) is 78.1 Å². The van der Waals surface area contributed by atoms with E-state index in [1.807, 2.05) is 54.6 Å². The highest BCUT2D eigenvalue weighted by molar-refractivity contribution is 5.93. The number of carbonyl (C=O) groups is 1. The number of benzene rings is 2. The summed E-state index contributed by atoms with van der Waals surface area (Å²) in [6.45, 7) is 1.52. The molecule has 0 spiro atoms. The molecule has 29 heavy (non-hydrogen) atoms. The van der Waals surface area contributed by atoms with Crippen LogP contribution in [0.2, 0.25) is 0 Å². The predicted molar refractivity (Wildman–Crippen MR) is 111 cm³/mol. The molecular weight excluding hydrogens is 368 g/mol. The molecule has 1 N–H and O–H groups in total. The number of hydrogen-bond acceptors (Lipinski definition) is 6. The predicted octanol–water partition coefficient (Wildman–Crippen LogP) is 3.25. The molecule has 1 amide bonds. The summed E-state index contributed by atoms with van der Waals surface area (Å²) in [4.78, 5) is 22.6. The van der Waals surface area contributed by atoms with Gasteiger partial charge in [-0.3, -0.25) is 4.79 Å². The molecule has 3 aromatic rings. The number of nitrogens with one attached hydrogen (secondary N) is 1. The smallest absolute Gasteiger partial charge is 0.257 e. The van der Waals surface area contributed by atoms with E-state index in [4.69, 9.17) is 9.47 Å². The fraction of sp³-hybridized carbons (Fsp3) is 0.227. The topological polar surface area (TPSA) is 76.6 Å². The molecule has 0 saturated heterocycles. The van der Waals surface area contributed by atoms with E-state index in [0.717, 1.165) is 17.1 Å². The van der Waals surface area contributed by atoms with Crippen LogP contribution in [0, 0.1) is 0 Å². The lowest BCUT2D eigenvalue weighted by Crippen LogP contribution is -2.26. The highest BCUT2D eigenvalue weighted by Crippen LogP contribution is 2.16. The van der Waals surface area contributed by atoms with Gasteiger partial charge in [-0.15, -0.1) is 0 Å². The van der Waals surface area contributed by atoms with Gasteiger partial charge in [-0.05, 0) is 29.8 Å². The van der Waals surface area contributed by atoms with Crippen LogP contribution in [0.4, 0.5) is 5.95 Å². The summed E-state index contributed by atoms with van der Waals surface area (Å²) < 4.78 is 10.8. The minimum atomic E-state index is -0.122. The zero-order chi connectivity index (χ0) is 20.5. The molecule has 0 fully saturated rings. The average Bonchev–Trinajstić information content (AvgIpc) is 2.77. The number of amides is 1. The van der Waals surface area contributed by atoms with Gasteiger partial charge in [-0.1, -0.05) is 30.3 Å². The molecule has 3 rings (SSSR count). The van der Waals surface area contributed by atoms with E-state index in [1.54, 1.807) is 19.1 Å². The molecule has 0 unspecified atom stereocenters. The van der Waals surface area contributed by atoms with Gasteiger partial charge in [0.1, 0.15) is 18.1 Å². The van der Waals surface area contributed by atoms with Crippen molar-refractivity contribution in [2.24, 2.45) is 0 Å². The van der Waals surface area contributed by atoms with E-state index >= 15 is 0 Å². The Labute approximate surface area is 170 Å². The summed E-state index contributed by atoms with van der Waals surface area (Å²) in [5.74, 6) is 1.87. The Bertz CT molecular complexity index is 900. The van der Waals surface area contributed by atoms with E-state index in [1.165, 1.54) is 12.4 Å². The maximum atomic E-state index is 12.5. The summed E-state index contributed by atoms with van der Waals surface area (Å²) in [5, 5.41) is 3.08. The lowest BCUT2D eigenvalue weighted by molar-refractivity contribution is 0.0784. The Morgan fingerprint density at radius 1 is 1.00 bits per heavy atom. The standard InChI is InChI=1S/C22H24N4O3/c1-26(16-17-6-4-3-5-7-17)21(27)18-14-24-22(25-15-18)23-12-13-29-20-10-8-19(28-2)9-11-20/h3-11,14-15H,12-13,16H2,1-2H3,(H,23,24,25). The van der Waals surface area contributed by atoms with Gasteiger partial charge in [0.15, 0.2) is 0 Å². The van der Waals surface area contributed by atoms with Crippen molar-refractivity contribution in [3.8, 4) is 11.5 Å². The molecule has 2 aromatic carbocycles. The van der Waals surface area contributed by atoms with Gasteiger partial charge in [0.05, 0.1) is 19.2 Å². The summed E-state index contributed by atoms with van der Waals surface area (Å²) in [7, 11) is 3.39. The summed E-state index contributed by atoms with van der Waals surface area (Å²) in [6.07, 6.45) is 3.06. The number of ether oxygens (including phenoxy) is 2. The molecule has 0 bridgehead atoms. The second-order valence-corrected chi connectivity index (χ2v) is 6.39. The first-order chi connectivity index (χ1) is 14.2. The number of carbonyl (C=O) groups excluding carboxylic acids is 1. The second-order valence-electron chi connectivity index (χ2n) is 6.39. The largest absolute Gasteiger partial charge is 0.497 e. The quantitative estimate of drug-likeness (QED) is 0.564. The van der Waals surface area contributed by atoms with E-state index in [9.17, 15) is 4.79 Å². The van der Waals surface area contributed by atoms with Gasteiger partial charge >= 0.3 is 0 Å². The molecule has 0 atom stereocenters. The van der Waals surface area contributed by atoms with Crippen LogP contribution in [-0.2, 0) is 6.54 Å². The van der Waals surface area contributed by atoms with Crippen LogP contribution in [0.3, 0.4) is 0 Å². The van der Waals surface area contributed by atoms with E-state index in [2.05, 4.69) is 15.3 Å². The van der Waals surface area contributed by atoms with Crippen LogP contribution in [0.25, 0.3) is 0 Å². The van der Waals surface area contributed by atoms with Crippen LogP contribution >= 0.6 is 0 Å². The first-order valence-corrected chi connectivity index (χ1v) is 9.28. The Hall–Kier alpha value is -3.61. The van der Waals surface area contributed by atoms with Crippen LogP contribution in [0.5, 0.6) is 11.5 Å². The monoisotopic (exact) mass is 392 g/mol. The van der Waals surface area contributed by atoms with Gasteiger partial charge in [0, 0.05) is 26.0 Å². The minimum absolute atomic E-state index is 0.122. The summed E-state index contributed by atoms with van der Waals surface area (Å²) >= 11 is 0. The molecule has 0 aliphatic heterocycles.